The molecule has 2 amide bonds. The summed E-state index contributed by atoms with van der Waals surface area (Å²) >= 11 is 0. The third-order valence-electron chi connectivity index (χ3n) is 3.05. The maximum absolute atomic E-state index is 11.7. The molecule has 1 aromatic heterocycles. The van der Waals surface area contributed by atoms with E-state index in [1.807, 2.05) is 0 Å². The molecule has 0 radical (unpaired) electrons. The van der Waals surface area contributed by atoms with Crippen molar-refractivity contribution in [2.75, 3.05) is 6.54 Å². The molecule has 1 saturated carbocycles. The Kier molecular flexibility index (Phi) is 4.28. The number of hydrogen-bond donors (Lipinski definition) is 2. The van der Waals surface area contributed by atoms with Crippen LogP contribution in [0.1, 0.15) is 36.0 Å². The molecule has 1 heterocycles. The van der Waals surface area contributed by atoms with Crippen LogP contribution in [-0.2, 0) is 4.79 Å². The summed E-state index contributed by atoms with van der Waals surface area (Å²) in [7, 11) is 0. The second-order valence-corrected chi connectivity index (χ2v) is 4.47. The Balaban J connectivity index is 1.74. The van der Waals surface area contributed by atoms with E-state index in [-0.39, 0.29) is 24.4 Å². The van der Waals surface area contributed by atoms with Crippen LogP contribution in [0, 0.1) is 0 Å². The van der Waals surface area contributed by atoms with Crippen LogP contribution in [0.4, 0.5) is 0 Å². The Hall–Kier alpha value is -1.91. The van der Waals surface area contributed by atoms with Crippen molar-refractivity contribution in [2.45, 2.75) is 31.7 Å². The van der Waals surface area contributed by atoms with E-state index in [0.717, 1.165) is 12.8 Å². The minimum atomic E-state index is -0.273. The van der Waals surface area contributed by atoms with E-state index in [2.05, 4.69) is 15.6 Å². The molecule has 96 valence electrons. The van der Waals surface area contributed by atoms with E-state index in [0.29, 0.717) is 5.56 Å². The van der Waals surface area contributed by atoms with Crippen molar-refractivity contribution < 1.29 is 9.59 Å². The predicted molar refractivity (Wildman–Crippen MR) is 67.0 cm³/mol. The van der Waals surface area contributed by atoms with Gasteiger partial charge in [0.2, 0.25) is 5.91 Å². The summed E-state index contributed by atoms with van der Waals surface area (Å²) in [4.78, 5) is 27.1. The minimum absolute atomic E-state index is 0.0181. The van der Waals surface area contributed by atoms with E-state index in [1.165, 1.54) is 19.0 Å². The molecule has 2 N–H and O–H groups in total. The van der Waals surface area contributed by atoms with Crippen LogP contribution in [-0.4, -0.2) is 29.4 Å². The maximum Gasteiger partial charge on any atom is 0.253 e. The first-order chi connectivity index (χ1) is 8.75. The zero-order valence-corrected chi connectivity index (χ0v) is 10.2. The first-order valence-corrected chi connectivity index (χ1v) is 6.23. The summed E-state index contributed by atoms with van der Waals surface area (Å²) in [5.74, 6) is -0.399. The molecule has 0 bridgehead atoms. The van der Waals surface area contributed by atoms with E-state index >= 15 is 0 Å². The Morgan fingerprint density at radius 1 is 1.33 bits per heavy atom. The predicted octanol–water partition coefficient (Wildman–Crippen LogP) is 0.870. The SMILES string of the molecule is O=C(CNC(=O)c1cccnc1)NC1CCCC1. The van der Waals surface area contributed by atoms with Gasteiger partial charge in [0.25, 0.3) is 5.91 Å². The summed E-state index contributed by atoms with van der Waals surface area (Å²) < 4.78 is 0. The average molecular weight is 247 g/mol. The van der Waals surface area contributed by atoms with Crippen molar-refractivity contribution in [3.05, 3.63) is 30.1 Å². The highest BCUT2D eigenvalue weighted by Crippen LogP contribution is 2.17. The fourth-order valence-corrected chi connectivity index (χ4v) is 2.11. The van der Waals surface area contributed by atoms with Crippen LogP contribution >= 0.6 is 0 Å². The third kappa shape index (κ3) is 3.55. The second kappa shape index (κ2) is 6.14. The highest BCUT2D eigenvalue weighted by Gasteiger charge is 2.17. The van der Waals surface area contributed by atoms with Gasteiger partial charge in [0.1, 0.15) is 0 Å². The van der Waals surface area contributed by atoms with Crippen LogP contribution in [0.15, 0.2) is 24.5 Å². The van der Waals surface area contributed by atoms with Gasteiger partial charge < -0.3 is 10.6 Å². The van der Waals surface area contributed by atoms with Gasteiger partial charge in [-0.25, -0.2) is 0 Å². The van der Waals surface area contributed by atoms with Gasteiger partial charge in [-0.15, -0.1) is 0 Å². The molecule has 0 saturated heterocycles. The largest absolute Gasteiger partial charge is 0.352 e. The standard InChI is InChI=1S/C13H17N3O2/c17-12(16-11-5-1-2-6-11)9-15-13(18)10-4-3-7-14-8-10/h3-4,7-8,11H,1-2,5-6,9H2,(H,15,18)(H,16,17). The molecule has 18 heavy (non-hydrogen) atoms. The number of carbonyl (C=O) groups is 2. The Labute approximate surface area is 106 Å². The molecule has 5 nitrogen and oxygen atoms in total. The lowest BCUT2D eigenvalue weighted by Crippen LogP contribution is -2.40. The number of aromatic nitrogens is 1. The molecule has 1 aromatic rings. The zero-order valence-electron chi connectivity index (χ0n) is 10.2. The van der Waals surface area contributed by atoms with Crippen LogP contribution < -0.4 is 10.6 Å². The lowest BCUT2D eigenvalue weighted by Gasteiger charge is -2.12. The van der Waals surface area contributed by atoms with Gasteiger partial charge in [-0.1, -0.05) is 12.8 Å². The van der Waals surface area contributed by atoms with Crippen molar-refractivity contribution in [1.82, 2.24) is 15.6 Å². The summed E-state index contributed by atoms with van der Waals surface area (Å²) in [6.07, 6.45) is 7.51. The van der Waals surface area contributed by atoms with Crippen molar-refractivity contribution in [3.63, 3.8) is 0 Å². The first-order valence-electron chi connectivity index (χ1n) is 6.23. The molecule has 1 aliphatic rings. The zero-order chi connectivity index (χ0) is 12.8. The Bertz CT molecular complexity index is 414. The summed E-state index contributed by atoms with van der Waals surface area (Å²) in [5.41, 5.74) is 0.464. The molecular weight excluding hydrogens is 230 g/mol. The monoisotopic (exact) mass is 247 g/mol. The second-order valence-electron chi connectivity index (χ2n) is 4.47. The number of amides is 2. The smallest absolute Gasteiger partial charge is 0.253 e. The number of nitrogens with zero attached hydrogens (tertiary/aromatic N) is 1. The van der Waals surface area contributed by atoms with Crippen LogP contribution in [0.2, 0.25) is 0 Å². The highest BCUT2D eigenvalue weighted by molar-refractivity contribution is 5.96. The molecular formula is C13H17N3O2. The van der Waals surface area contributed by atoms with Crippen molar-refractivity contribution >= 4 is 11.8 Å². The third-order valence-corrected chi connectivity index (χ3v) is 3.05. The highest BCUT2D eigenvalue weighted by atomic mass is 16.2. The van der Waals surface area contributed by atoms with Crippen LogP contribution in [0.3, 0.4) is 0 Å². The van der Waals surface area contributed by atoms with E-state index < -0.39 is 0 Å². The molecule has 0 unspecified atom stereocenters. The normalized spacial score (nSPS) is 15.3. The summed E-state index contributed by atoms with van der Waals surface area (Å²) in [6.45, 7) is 0.0181. The molecule has 0 atom stereocenters. The van der Waals surface area contributed by atoms with Gasteiger partial charge in [-0.05, 0) is 25.0 Å². The number of nitrogens with one attached hydrogen (secondary N) is 2. The fraction of sp³-hybridized carbons (Fsp3) is 0.462. The van der Waals surface area contributed by atoms with Crippen LogP contribution in [0.25, 0.3) is 0 Å². The van der Waals surface area contributed by atoms with E-state index in [1.54, 1.807) is 18.3 Å². The van der Waals surface area contributed by atoms with Gasteiger partial charge in [-0.3, -0.25) is 14.6 Å². The lowest BCUT2D eigenvalue weighted by atomic mass is 10.2. The van der Waals surface area contributed by atoms with Gasteiger partial charge in [-0.2, -0.15) is 0 Å². The maximum atomic E-state index is 11.7. The van der Waals surface area contributed by atoms with Gasteiger partial charge in [0.05, 0.1) is 12.1 Å². The lowest BCUT2D eigenvalue weighted by molar-refractivity contribution is -0.120. The van der Waals surface area contributed by atoms with Gasteiger partial charge in [0, 0.05) is 18.4 Å². The summed E-state index contributed by atoms with van der Waals surface area (Å²) in [5, 5.41) is 5.50. The molecule has 1 aliphatic carbocycles. The molecule has 1 fully saturated rings. The minimum Gasteiger partial charge on any atom is -0.352 e. The number of rotatable bonds is 4. The molecule has 0 aromatic carbocycles. The van der Waals surface area contributed by atoms with Gasteiger partial charge >= 0.3 is 0 Å². The molecule has 5 heteroatoms. The number of hydrogen-bond acceptors (Lipinski definition) is 3. The number of carbonyl (C=O) groups excluding carboxylic acids is 2. The summed E-state index contributed by atoms with van der Waals surface area (Å²) in [6, 6.07) is 3.64. The Morgan fingerprint density at radius 3 is 2.78 bits per heavy atom. The number of pyridine rings is 1. The molecule has 0 spiro atoms. The topological polar surface area (TPSA) is 71.1 Å². The van der Waals surface area contributed by atoms with E-state index in [9.17, 15) is 9.59 Å². The average Bonchev–Trinajstić information content (AvgIpc) is 2.90. The van der Waals surface area contributed by atoms with E-state index in [4.69, 9.17) is 0 Å². The quantitative estimate of drug-likeness (QED) is 0.829. The molecule has 2 rings (SSSR count). The van der Waals surface area contributed by atoms with Gasteiger partial charge in [0.15, 0.2) is 0 Å². The molecule has 0 aliphatic heterocycles. The fourth-order valence-electron chi connectivity index (χ4n) is 2.11. The Morgan fingerprint density at radius 2 is 2.11 bits per heavy atom. The van der Waals surface area contributed by atoms with Crippen molar-refractivity contribution in [3.8, 4) is 0 Å². The first kappa shape index (κ1) is 12.5. The van der Waals surface area contributed by atoms with Crippen LogP contribution in [0.5, 0.6) is 0 Å². The van der Waals surface area contributed by atoms with Crippen molar-refractivity contribution in [1.29, 1.82) is 0 Å². The van der Waals surface area contributed by atoms with Crippen molar-refractivity contribution in [2.24, 2.45) is 0 Å².